The smallest absolute Gasteiger partial charge is 0.411 e. The number of fused-ring (bicyclic) bond motifs is 1. The SMILES string of the molecule is CC(C)(C)OC(=O)N(C1C2CC3CC(C2)CC1C3)C(C)(Cc1cn(C(=O)[C@@H](N)Cc2ccccc2)c2ccccc12)C(N)=O. The standard InChI is InChI=1S/C36H46N4O4/c1-35(2,3)44-34(43)40(31-25-15-23-14-24(17-25)18-26(31)16-23)36(4,33(38)42)20-27-21-39(30-13-9-8-12-28(27)30)32(41)29(37)19-22-10-6-5-7-11-22/h5-13,21,23-26,29,31H,14-20,37H2,1-4H3,(H2,38,42)/t23?,24?,25?,26?,29-,31?,36?/m0/s1. The summed E-state index contributed by atoms with van der Waals surface area (Å²) in [4.78, 5) is 43.3. The fourth-order valence-electron chi connectivity index (χ4n) is 8.65. The Labute approximate surface area is 260 Å². The second kappa shape index (κ2) is 11.4. The van der Waals surface area contributed by atoms with E-state index in [0.29, 0.717) is 35.6 Å². The Morgan fingerprint density at radius 2 is 1.50 bits per heavy atom. The molecule has 8 nitrogen and oxygen atoms in total. The largest absolute Gasteiger partial charge is 0.444 e. The molecule has 2 atom stereocenters. The molecule has 0 spiro atoms. The molecule has 4 saturated carbocycles. The molecule has 44 heavy (non-hydrogen) atoms. The molecule has 0 radical (unpaired) electrons. The quantitative estimate of drug-likeness (QED) is 0.345. The van der Waals surface area contributed by atoms with Crippen LogP contribution >= 0.6 is 0 Å². The van der Waals surface area contributed by atoms with Crippen LogP contribution in [0.15, 0.2) is 60.8 Å². The number of hydrogen-bond donors (Lipinski definition) is 2. The van der Waals surface area contributed by atoms with E-state index in [1.807, 2.05) is 75.4 Å². The Kier molecular flexibility index (Phi) is 7.85. The molecule has 1 aromatic heterocycles. The summed E-state index contributed by atoms with van der Waals surface area (Å²) in [7, 11) is 0. The molecule has 1 heterocycles. The van der Waals surface area contributed by atoms with Gasteiger partial charge in [-0.15, -0.1) is 0 Å². The lowest BCUT2D eigenvalue weighted by molar-refractivity contribution is -0.140. The zero-order chi connectivity index (χ0) is 31.4. The molecular weight excluding hydrogens is 552 g/mol. The highest BCUT2D eigenvalue weighted by Crippen LogP contribution is 2.56. The van der Waals surface area contributed by atoms with Gasteiger partial charge in [0, 0.05) is 24.0 Å². The topological polar surface area (TPSA) is 121 Å². The Hall–Kier alpha value is -3.65. The molecule has 4 bridgehead atoms. The fourth-order valence-corrected chi connectivity index (χ4v) is 8.65. The van der Waals surface area contributed by atoms with E-state index in [1.54, 1.807) is 22.6 Å². The van der Waals surface area contributed by atoms with Gasteiger partial charge >= 0.3 is 6.09 Å². The van der Waals surface area contributed by atoms with Gasteiger partial charge in [-0.2, -0.15) is 0 Å². The van der Waals surface area contributed by atoms with Crippen LogP contribution in [0.25, 0.3) is 10.9 Å². The lowest BCUT2D eigenvalue weighted by Crippen LogP contribution is -2.68. The summed E-state index contributed by atoms with van der Waals surface area (Å²) in [5.74, 6) is 1.20. The third-order valence-electron chi connectivity index (χ3n) is 10.3. The minimum absolute atomic E-state index is 0.121. The van der Waals surface area contributed by atoms with Gasteiger partial charge in [0.2, 0.25) is 11.8 Å². The van der Waals surface area contributed by atoms with Crippen molar-refractivity contribution in [2.75, 3.05) is 0 Å². The van der Waals surface area contributed by atoms with Crippen LogP contribution in [-0.2, 0) is 22.4 Å². The van der Waals surface area contributed by atoms with E-state index in [2.05, 4.69) is 0 Å². The van der Waals surface area contributed by atoms with Gasteiger partial charge in [-0.05, 0) is 107 Å². The first-order valence-electron chi connectivity index (χ1n) is 16.1. The van der Waals surface area contributed by atoms with Crippen LogP contribution in [0.4, 0.5) is 4.79 Å². The average Bonchev–Trinajstić information content (AvgIpc) is 3.31. The van der Waals surface area contributed by atoms with Crippen molar-refractivity contribution in [3.05, 3.63) is 71.9 Å². The van der Waals surface area contributed by atoms with E-state index >= 15 is 0 Å². The number of nitrogens with zero attached hydrogens (tertiary/aromatic N) is 2. The van der Waals surface area contributed by atoms with Crippen molar-refractivity contribution in [1.29, 1.82) is 0 Å². The summed E-state index contributed by atoms with van der Waals surface area (Å²) in [6, 6.07) is 16.5. The Balaban J connectivity index is 1.38. The first kappa shape index (κ1) is 30.4. The molecule has 1 unspecified atom stereocenters. The number of benzene rings is 2. The third kappa shape index (κ3) is 5.65. The number of primary amides is 1. The Morgan fingerprint density at radius 1 is 0.909 bits per heavy atom. The number of hydrogen-bond acceptors (Lipinski definition) is 5. The second-order valence-electron chi connectivity index (χ2n) is 14.8. The van der Waals surface area contributed by atoms with Gasteiger partial charge in [-0.1, -0.05) is 48.5 Å². The van der Waals surface area contributed by atoms with E-state index in [-0.39, 0.29) is 18.4 Å². The Bertz CT molecular complexity index is 1530. The molecule has 0 aliphatic heterocycles. The molecule has 4 fully saturated rings. The summed E-state index contributed by atoms with van der Waals surface area (Å²) < 4.78 is 7.61. The highest BCUT2D eigenvalue weighted by molar-refractivity contribution is 5.97. The van der Waals surface area contributed by atoms with Crippen LogP contribution in [0.2, 0.25) is 0 Å². The maximum atomic E-state index is 14.2. The zero-order valence-corrected chi connectivity index (χ0v) is 26.4. The van der Waals surface area contributed by atoms with E-state index in [0.717, 1.165) is 42.2 Å². The van der Waals surface area contributed by atoms with Gasteiger partial charge in [-0.25, -0.2) is 4.79 Å². The Morgan fingerprint density at radius 3 is 2.09 bits per heavy atom. The maximum Gasteiger partial charge on any atom is 0.411 e. The van der Waals surface area contributed by atoms with Crippen molar-refractivity contribution in [2.24, 2.45) is 35.1 Å². The third-order valence-corrected chi connectivity index (χ3v) is 10.3. The molecule has 8 heteroatoms. The summed E-state index contributed by atoms with van der Waals surface area (Å²) in [6.45, 7) is 7.32. The number of ether oxygens (including phenoxy) is 1. The predicted molar refractivity (Wildman–Crippen MR) is 171 cm³/mol. The van der Waals surface area contributed by atoms with Gasteiger partial charge in [0.15, 0.2) is 0 Å². The van der Waals surface area contributed by atoms with E-state index in [1.165, 1.54) is 6.42 Å². The number of carbonyl (C=O) groups is 3. The summed E-state index contributed by atoms with van der Waals surface area (Å²) >= 11 is 0. The van der Waals surface area contributed by atoms with Gasteiger partial charge in [-0.3, -0.25) is 19.1 Å². The summed E-state index contributed by atoms with van der Waals surface area (Å²) in [5, 5.41) is 0.828. The lowest BCUT2D eigenvalue weighted by atomic mass is 9.53. The first-order chi connectivity index (χ1) is 20.8. The van der Waals surface area contributed by atoms with Crippen molar-refractivity contribution < 1.29 is 19.1 Å². The first-order valence-corrected chi connectivity index (χ1v) is 16.1. The molecule has 234 valence electrons. The van der Waals surface area contributed by atoms with Gasteiger partial charge < -0.3 is 16.2 Å². The normalized spacial score (nSPS) is 26.2. The summed E-state index contributed by atoms with van der Waals surface area (Å²) in [6.07, 6.45) is 7.39. The monoisotopic (exact) mass is 598 g/mol. The average molecular weight is 599 g/mol. The molecule has 4 aliphatic rings. The molecule has 3 aromatic rings. The predicted octanol–water partition coefficient (Wildman–Crippen LogP) is 5.70. The number of rotatable bonds is 8. The van der Waals surface area contributed by atoms with Crippen LogP contribution in [0.1, 0.15) is 75.7 Å². The lowest BCUT2D eigenvalue weighted by Gasteiger charge is -2.59. The van der Waals surface area contributed by atoms with Crippen molar-refractivity contribution in [1.82, 2.24) is 9.47 Å². The van der Waals surface area contributed by atoms with Gasteiger partial charge in [0.1, 0.15) is 11.1 Å². The second-order valence-corrected chi connectivity index (χ2v) is 14.8. The molecular formula is C36H46N4O4. The van der Waals surface area contributed by atoms with Crippen molar-refractivity contribution in [3.63, 3.8) is 0 Å². The number of para-hydroxylation sites is 1. The fraction of sp³-hybridized carbons (Fsp3) is 0.528. The van der Waals surface area contributed by atoms with Crippen LogP contribution < -0.4 is 11.5 Å². The van der Waals surface area contributed by atoms with Crippen LogP contribution in [-0.4, -0.2) is 50.6 Å². The van der Waals surface area contributed by atoms with Crippen LogP contribution in [0.5, 0.6) is 0 Å². The number of amides is 2. The number of aromatic nitrogens is 1. The summed E-state index contributed by atoms with van der Waals surface area (Å²) in [5.41, 5.74) is 13.1. The van der Waals surface area contributed by atoms with Crippen molar-refractivity contribution >= 4 is 28.8 Å². The van der Waals surface area contributed by atoms with Gasteiger partial charge in [0.25, 0.3) is 0 Å². The minimum atomic E-state index is -1.38. The zero-order valence-electron chi connectivity index (χ0n) is 26.4. The molecule has 4 N–H and O–H groups in total. The molecule has 0 saturated heterocycles. The van der Waals surface area contributed by atoms with Crippen molar-refractivity contribution in [3.8, 4) is 0 Å². The van der Waals surface area contributed by atoms with Crippen LogP contribution in [0, 0.1) is 23.7 Å². The van der Waals surface area contributed by atoms with E-state index in [9.17, 15) is 14.4 Å². The minimum Gasteiger partial charge on any atom is -0.444 e. The molecule has 2 aromatic carbocycles. The van der Waals surface area contributed by atoms with E-state index in [4.69, 9.17) is 16.2 Å². The number of carbonyl (C=O) groups excluding carboxylic acids is 3. The highest BCUT2D eigenvalue weighted by Gasteiger charge is 2.56. The molecule has 2 amide bonds. The van der Waals surface area contributed by atoms with E-state index < -0.39 is 29.2 Å². The highest BCUT2D eigenvalue weighted by atomic mass is 16.6. The molecule has 7 rings (SSSR count). The van der Waals surface area contributed by atoms with Crippen LogP contribution in [0.3, 0.4) is 0 Å². The number of nitrogens with two attached hydrogens (primary N) is 2. The maximum absolute atomic E-state index is 14.2. The van der Waals surface area contributed by atoms with Gasteiger partial charge in [0.05, 0.1) is 11.6 Å². The molecule has 4 aliphatic carbocycles. The van der Waals surface area contributed by atoms with Crippen molar-refractivity contribution in [2.45, 2.75) is 95.9 Å².